The van der Waals surface area contributed by atoms with E-state index in [1.165, 1.54) is 12.0 Å². The van der Waals surface area contributed by atoms with Gasteiger partial charge in [-0.2, -0.15) is 4.99 Å². The highest BCUT2D eigenvalue weighted by molar-refractivity contribution is 7.80. The van der Waals surface area contributed by atoms with Crippen molar-refractivity contribution in [2.24, 2.45) is 10.9 Å². The zero-order valence-electron chi connectivity index (χ0n) is 17.9. The third-order valence-corrected chi connectivity index (χ3v) is 5.19. The van der Waals surface area contributed by atoms with E-state index in [9.17, 15) is 0 Å². The maximum absolute atomic E-state index is 5.57. The summed E-state index contributed by atoms with van der Waals surface area (Å²) in [6, 6.07) is 8.19. The van der Waals surface area contributed by atoms with Gasteiger partial charge in [0.1, 0.15) is 0 Å². The molecule has 1 aliphatic heterocycles. The second-order valence-corrected chi connectivity index (χ2v) is 8.36. The Morgan fingerprint density at radius 1 is 1.10 bits per heavy atom. The number of rotatable bonds is 2. The third-order valence-electron chi connectivity index (χ3n) is 4.99. The minimum atomic E-state index is 0.419. The van der Waals surface area contributed by atoms with E-state index >= 15 is 0 Å². The molecule has 29 heavy (non-hydrogen) atoms. The van der Waals surface area contributed by atoms with Crippen LogP contribution in [0.25, 0.3) is 0 Å². The second-order valence-electron chi connectivity index (χ2n) is 7.98. The first-order chi connectivity index (χ1) is 13.8. The second kappa shape index (κ2) is 9.31. The number of hydrogen-bond acceptors (Lipinski definition) is 3. The van der Waals surface area contributed by atoms with Crippen molar-refractivity contribution in [3.63, 3.8) is 0 Å². The molecule has 1 atom stereocenters. The summed E-state index contributed by atoms with van der Waals surface area (Å²) in [5.41, 5.74) is 5.17. The molecule has 0 bridgehead atoms. The normalized spacial score (nSPS) is 17.2. The summed E-state index contributed by atoms with van der Waals surface area (Å²) in [5, 5.41) is 7.00. The molecule has 0 saturated carbocycles. The monoisotopic (exact) mass is 410 g/mol. The Kier molecular flexibility index (Phi) is 6.79. The van der Waals surface area contributed by atoms with Gasteiger partial charge < -0.3 is 10.2 Å². The summed E-state index contributed by atoms with van der Waals surface area (Å²) in [7, 11) is 0. The smallest absolute Gasteiger partial charge is 0.229 e. The Bertz CT molecular complexity index is 903. The van der Waals surface area contributed by atoms with Crippen molar-refractivity contribution in [2.75, 3.05) is 23.7 Å². The minimum Gasteiger partial charge on any atom is -0.342 e. The van der Waals surface area contributed by atoms with Crippen LogP contribution < -0.4 is 10.6 Å². The highest BCUT2D eigenvalue weighted by atomic mass is 32.1. The van der Waals surface area contributed by atoms with Gasteiger partial charge in [-0.25, -0.2) is 9.97 Å². The first-order valence-corrected chi connectivity index (χ1v) is 10.5. The molecule has 7 heteroatoms. The molecule has 2 N–H and O–H groups in total. The number of hydrogen-bond donors (Lipinski definition) is 2. The van der Waals surface area contributed by atoms with Crippen molar-refractivity contribution in [1.82, 2.24) is 14.9 Å². The Morgan fingerprint density at radius 3 is 2.48 bits per heavy atom. The van der Waals surface area contributed by atoms with Gasteiger partial charge >= 0.3 is 0 Å². The summed E-state index contributed by atoms with van der Waals surface area (Å²) in [6.07, 6.45) is 2.36. The molecular weight excluding hydrogens is 380 g/mol. The number of benzene rings is 1. The molecule has 1 unspecified atom stereocenters. The van der Waals surface area contributed by atoms with Gasteiger partial charge in [0.15, 0.2) is 0 Å². The molecule has 1 fully saturated rings. The van der Waals surface area contributed by atoms with E-state index in [-0.39, 0.29) is 0 Å². The zero-order chi connectivity index (χ0) is 21.0. The van der Waals surface area contributed by atoms with Gasteiger partial charge in [0, 0.05) is 30.2 Å². The standard InChI is InChI=1S/C22H30N6S/c1-14-8-9-19(16(3)11-14)25-22(29)27-21(28-10-6-7-15(2)13-28)26-20-23-17(4)12-18(5)24-20/h8-9,11-12,15H,6-7,10,13H2,1-5H3,(H2,23,24,25,26,27,29). The van der Waals surface area contributed by atoms with Crippen LogP contribution in [0.15, 0.2) is 29.3 Å². The zero-order valence-corrected chi connectivity index (χ0v) is 18.7. The Morgan fingerprint density at radius 2 is 1.83 bits per heavy atom. The highest BCUT2D eigenvalue weighted by Crippen LogP contribution is 2.18. The fourth-order valence-electron chi connectivity index (χ4n) is 3.63. The molecule has 1 aromatic carbocycles. The maximum Gasteiger partial charge on any atom is 0.229 e. The lowest BCUT2D eigenvalue weighted by atomic mass is 10.0. The Labute approximate surface area is 178 Å². The highest BCUT2D eigenvalue weighted by Gasteiger charge is 2.21. The van der Waals surface area contributed by atoms with Crippen LogP contribution in [0.2, 0.25) is 0 Å². The molecule has 3 rings (SSSR count). The number of likely N-dealkylation sites (tertiary alicyclic amines) is 1. The number of nitrogens with zero attached hydrogens (tertiary/aromatic N) is 4. The summed E-state index contributed by atoms with van der Waals surface area (Å²) >= 11 is 5.57. The average molecular weight is 411 g/mol. The molecule has 0 aliphatic carbocycles. The molecule has 1 saturated heterocycles. The lowest BCUT2D eigenvalue weighted by Crippen LogP contribution is -2.43. The SMILES string of the molecule is Cc1ccc(NC(=S)/N=C(/Nc2nc(C)cc(C)n2)N2CCCC(C)C2)c(C)c1. The number of nitrogens with one attached hydrogen (secondary N) is 2. The first kappa shape index (κ1) is 21.2. The quantitative estimate of drug-likeness (QED) is 0.428. The number of aryl methyl sites for hydroxylation is 4. The van der Waals surface area contributed by atoms with Gasteiger partial charge in [0.05, 0.1) is 0 Å². The van der Waals surface area contributed by atoms with E-state index in [1.54, 1.807) is 0 Å². The van der Waals surface area contributed by atoms with Crippen molar-refractivity contribution in [1.29, 1.82) is 0 Å². The van der Waals surface area contributed by atoms with Crippen molar-refractivity contribution >= 4 is 34.9 Å². The Hall–Kier alpha value is -2.54. The first-order valence-electron chi connectivity index (χ1n) is 10.1. The van der Waals surface area contributed by atoms with E-state index in [2.05, 4.69) is 58.4 Å². The van der Waals surface area contributed by atoms with E-state index in [4.69, 9.17) is 17.2 Å². The van der Waals surface area contributed by atoms with Gasteiger partial charge in [0.2, 0.25) is 17.0 Å². The number of aliphatic imine (C=N–C) groups is 1. The van der Waals surface area contributed by atoms with Crippen molar-refractivity contribution in [2.45, 2.75) is 47.5 Å². The number of aromatic nitrogens is 2. The van der Waals surface area contributed by atoms with Crippen LogP contribution in [-0.4, -0.2) is 39.0 Å². The van der Waals surface area contributed by atoms with Crippen LogP contribution in [0.4, 0.5) is 11.6 Å². The largest absolute Gasteiger partial charge is 0.342 e. The molecule has 1 aliphatic rings. The molecule has 0 spiro atoms. The Balaban J connectivity index is 1.85. The van der Waals surface area contributed by atoms with Crippen molar-refractivity contribution in [3.05, 3.63) is 46.8 Å². The lowest BCUT2D eigenvalue weighted by Gasteiger charge is -2.33. The summed E-state index contributed by atoms with van der Waals surface area (Å²) in [6.45, 7) is 12.2. The van der Waals surface area contributed by atoms with E-state index < -0.39 is 0 Å². The van der Waals surface area contributed by atoms with Gasteiger partial charge in [-0.05, 0) is 76.4 Å². The fourth-order valence-corrected chi connectivity index (χ4v) is 3.83. The van der Waals surface area contributed by atoms with Gasteiger partial charge in [-0.15, -0.1) is 0 Å². The number of guanidine groups is 1. The van der Waals surface area contributed by atoms with Crippen LogP contribution in [0, 0.1) is 33.6 Å². The predicted octanol–water partition coefficient (Wildman–Crippen LogP) is 4.61. The molecule has 6 nitrogen and oxygen atoms in total. The van der Waals surface area contributed by atoms with Crippen molar-refractivity contribution in [3.8, 4) is 0 Å². The van der Waals surface area contributed by atoms with Gasteiger partial charge in [-0.3, -0.25) is 5.32 Å². The van der Waals surface area contributed by atoms with Gasteiger partial charge in [-0.1, -0.05) is 24.6 Å². The fraction of sp³-hybridized carbons (Fsp3) is 0.455. The average Bonchev–Trinajstić information content (AvgIpc) is 2.63. The molecular formula is C22H30N6S. The van der Waals surface area contributed by atoms with Crippen LogP contribution in [0.1, 0.15) is 42.3 Å². The number of anilines is 2. The molecule has 1 aromatic heterocycles. The molecule has 0 radical (unpaired) electrons. The summed E-state index contributed by atoms with van der Waals surface area (Å²) < 4.78 is 0. The van der Waals surface area contributed by atoms with Crippen LogP contribution in [-0.2, 0) is 0 Å². The number of thiocarbonyl (C=S) groups is 1. The molecule has 2 aromatic rings. The topological polar surface area (TPSA) is 65.4 Å². The maximum atomic E-state index is 5.57. The minimum absolute atomic E-state index is 0.419. The summed E-state index contributed by atoms with van der Waals surface area (Å²) in [5.74, 6) is 1.86. The third kappa shape index (κ3) is 5.97. The van der Waals surface area contributed by atoms with Crippen LogP contribution in [0.5, 0.6) is 0 Å². The number of piperidine rings is 1. The summed E-state index contributed by atoms with van der Waals surface area (Å²) in [4.78, 5) is 16.0. The van der Waals surface area contributed by atoms with Crippen molar-refractivity contribution < 1.29 is 0 Å². The van der Waals surface area contributed by atoms with Crippen LogP contribution >= 0.6 is 12.2 Å². The van der Waals surface area contributed by atoms with E-state index in [0.717, 1.165) is 42.1 Å². The van der Waals surface area contributed by atoms with E-state index in [1.807, 2.05) is 26.0 Å². The molecule has 2 heterocycles. The predicted molar refractivity (Wildman–Crippen MR) is 125 cm³/mol. The van der Waals surface area contributed by atoms with Gasteiger partial charge in [0.25, 0.3) is 0 Å². The van der Waals surface area contributed by atoms with E-state index in [0.29, 0.717) is 22.9 Å². The lowest BCUT2D eigenvalue weighted by molar-refractivity contribution is 0.273. The molecule has 0 amide bonds. The molecule has 154 valence electrons. The van der Waals surface area contributed by atoms with Crippen LogP contribution in [0.3, 0.4) is 0 Å².